The van der Waals surface area contributed by atoms with Crippen molar-refractivity contribution in [2.45, 2.75) is 33.6 Å². The standard InChI is InChI=1S/C16H24N2O/c1-12-7-4-5-9-14(12)18-15(19)16(2,3)13-8-6-10-17-11-13/h4-5,7,9,13,17H,6,8,10-11H2,1-3H3,(H,18,19). The van der Waals surface area contributed by atoms with Crippen molar-refractivity contribution in [2.24, 2.45) is 11.3 Å². The molecule has 1 atom stereocenters. The average Bonchev–Trinajstić information content (AvgIpc) is 2.42. The number of amides is 1. The lowest BCUT2D eigenvalue weighted by Gasteiger charge is -2.36. The van der Waals surface area contributed by atoms with E-state index in [1.54, 1.807) is 0 Å². The van der Waals surface area contributed by atoms with Crippen molar-refractivity contribution < 1.29 is 4.79 Å². The molecule has 0 spiro atoms. The van der Waals surface area contributed by atoms with Gasteiger partial charge in [-0.3, -0.25) is 4.79 Å². The molecule has 1 fully saturated rings. The molecular formula is C16H24N2O. The highest BCUT2D eigenvalue weighted by Gasteiger charge is 2.37. The summed E-state index contributed by atoms with van der Waals surface area (Å²) in [6.07, 6.45) is 2.28. The lowest BCUT2D eigenvalue weighted by atomic mass is 9.74. The topological polar surface area (TPSA) is 41.1 Å². The molecule has 1 amide bonds. The van der Waals surface area contributed by atoms with Gasteiger partial charge in [0.2, 0.25) is 5.91 Å². The van der Waals surface area contributed by atoms with Gasteiger partial charge in [0.25, 0.3) is 0 Å². The fourth-order valence-corrected chi connectivity index (χ4v) is 2.65. The molecule has 1 saturated heterocycles. The van der Waals surface area contributed by atoms with Gasteiger partial charge in [-0.15, -0.1) is 0 Å². The first-order chi connectivity index (χ1) is 9.01. The Labute approximate surface area is 115 Å². The van der Waals surface area contributed by atoms with E-state index in [1.165, 1.54) is 0 Å². The maximum absolute atomic E-state index is 12.5. The molecule has 19 heavy (non-hydrogen) atoms. The predicted octanol–water partition coefficient (Wildman–Crippen LogP) is 2.96. The van der Waals surface area contributed by atoms with Crippen LogP contribution in [0.5, 0.6) is 0 Å². The van der Waals surface area contributed by atoms with E-state index in [1.807, 2.05) is 31.2 Å². The van der Waals surface area contributed by atoms with Gasteiger partial charge < -0.3 is 10.6 Å². The number of benzene rings is 1. The quantitative estimate of drug-likeness (QED) is 0.877. The molecule has 2 N–H and O–H groups in total. The summed E-state index contributed by atoms with van der Waals surface area (Å²) in [7, 11) is 0. The summed E-state index contributed by atoms with van der Waals surface area (Å²) in [6, 6.07) is 7.92. The van der Waals surface area contributed by atoms with Gasteiger partial charge in [0, 0.05) is 11.1 Å². The fraction of sp³-hybridized carbons (Fsp3) is 0.562. The number of hydrogen-bond donors (Lipinski definition) is 2. The number of carbonyl (C=O) groups excluding carboxylic acids is 1. The van der Waals surface area contributed by atoms with Gasteiger partial charge in [0.1, 0.15) is 0 Å². The van der Waals surface area contributed by atoms with Crippen molar-refractivity contribution in [3.05, 3.63) is 29.8 Å². The molecule has 0 aliphatic carbocycles. The van der Waals surface area contributed by atoms with Crippen LogP contribution in [0.15, 0.2) is 24.3 Å². The van der Waals surface area contributed by atoms with Crippen LogP contribution in [0, 0.1) is 18.3 Å². The maximum atomic E-state index is 12.5. The van der Waals surface area contributed by atoms with E-state index in [2.05, 4.69) is 24.5 Å². The van der Waals surface area contributed by atoms with Crippen LogP contribution in [0.3, 0.4) is 0 Å². The molecule has 0 radical (unpaired) electrons. The highest BCUT2D eigenvalue weighted by Crippen LogP contribution is 2.33. The van der Waals surface area contributed by atoms with Crippen molar-refractivity contribution in [3.8, 4) is 0 Å². The van der Waals surface area contributed by atoms with Gasteiger partial charge in [-0.2, -0.15) is 0 Å². The third-order valence-corrected chi connectivity index (χ3v) is 4.30. The number of rotatable bonds is 3. The minimum absolute atomic E-state index is 0.121. The van der Waals surface area contributed by atoms with Gasteiger partial charge in [-0.25, -0.2) is 0 Å². The largest absolute Gasteiger partial charge is 0.325 e. The number of hydrogen-bond acceptors (Lipinski definition) is 2. The molecular weight excluding hydrogens is 236 g/mol. The van der Waals surface area contributed by atoms with E-state index in [9.17, 15) is 4.79 Å². The fourth-order valence-electron chi connectivity index (χ4n) is 2.65. The van der Waals surface area contributed by atoms with Gasteiger partial charge in [-0.1, -0.05) is 32.0 Å². The first kappa shape index (κ1) is 14.1. The highest BCUT2D eigenvalue weighted by molar-refractivity contribution is 5.95. The van der Waals surface area contributed by atoms with E-state index >= 15 is 0 Å². The minimum Gasteiger partial charge on any atom is -0.325 e. The van der Waals surface area contributed by atoms with E-state index in [-0.39, 0.29) is 11.3 Å². The molecule has 0 aromatic heterocycles. The third-order valence-electron chi connectivity index (χ3n) is 4.30. The van der Waals surface area contributed by atoms with E-state index < -0.39 is 0 Å². The second-order valence-electron chi connectivity index (χ2n) is 6.03. The second kappa shape index (κ2) is 5.74. The Bertz CT molecular complexity index is 448. The summed E-state index contributed by atoms with van der Waals surface area (Å²) in [4.78, 5) is 12.5. The molecule has 104 valence electrons. The van der Waals surface area contributed by atoms with E-state index in [0.29, 0.717) is 5.92 Å². The van der Waals surface area contributed by atoms with Crippen LogP contribution in [0.2, 0.25) is 0 Å². The Hall–Kier alpha value is -1.35. The van der Waals surface area contributed by atoms with Crippen molar-refractivity contribution >= 4 is 11.6 Å². The van der Waals surface area contributed by atoms with Crippen molar-refractivity contribution in [1.29, 1.82) is 0 Å². The van der Waals surface area contributed by atoms with E-state index in [4.69, 9.17) is 0 Å². The second-order valence-corrected chi connectivity index (χ2v) is 6.03. The Balaban J connectivity index is 2.08. The number of piperidine rings is 1. The molecule has 1 aliphatic rings. The zero-order chi connectivity index (χ0) is 13.9. The normalized spacial score (nSPS) is 20.1. The summed E-state index contributed by atoms with van der Waals surface area (Å²) in [5.41, 5.74) is 1.69. The molecule has 0 bridgehead atoms. The molecule has 1 heterocycles. The number of aryl methyl sites for hydroxylation is 1. The first-order valence-corrected chi connectivity index (χ1v) is 7.09. The number of para-hydroxylation sites is 1. The van der Waals surface area contributed by atoms with Gasteiger partial charge >= 0.3 is 0 Å². The summed E-state index contributed by atoms with van der Waals surface area (Å²) >= 11 is 0. The minimum atomic E-state index is -0.338. The van der Waals surface area contributed by atoms with Crippen molar-refractivity contribution in [1.82, 2.24) is 5.32 Å². The average molecular weight is 260 g/mol. The van der Waals surface area contributed by atoms with Gasteiger partial charge in [-0.05, 0) is 50.4 Å². The van der Waals surface area contributed by atoms with Gasteiger partial charge in [0.15, 0.2) is 0 Å². The van der Waals surface area contributed by atoms with Crippen LogP contribution >= 0.6 is 0 Å². The van der Waals surface area contributed by atoms with Crippen LogP contribution in [0.4, 0.5) is 5.69 Å². The number of nitrogens with one attached hydrogen (secondary N) is 2. The zero-order valence-corrected chi connectivity index (χ0v) is 12.1. The molecule has 1 aromatic rings. The number of carbonyl (C=O) groups is 1. The van der Waals surface area contributed by atoms with Crippen LogP contribution < -0.4 is 10.6 Å². The smallest absolute Gasteiger partial charge is 0.230 e. The first-order valence-electron chi connectivity index (χ1n) is 7.09. The summed E-state index contributed by atoms with van der Waals surface area (Å²) in [5, 5.41) is 6.47. The Kier molecular flexibility index (Phi) is 4.25. The summed E-state index contributed by atoms with van der Waals surface area (Å²) in [5.74, 6) is 0.528. The van der Waals surface area contributed by atoms with Crippen LogP contribution in [0.25, 0.3) is 0 Å². The summed E-state index contributed by atoms with van der Waals surface area (Å²) < 4.78 is 0. The lowest BCUT2D eigenvalue weighted by molar-refractivity contribution is -0.127. The van der Waals surface area contributed by atoms with Crippen molar-refractivity contribution in [3.63, 3.8) is 0 Å². The third kappa shape index (κ3) is 3.16. The molecule has 3 nitrogen and oxygen atoms in total. The van der Waals surface area contributed by atoms with E-state index in [0.717, 1.165) is 37.2 Å². The van der Waals surface area contributed by atoms with Crippen LogP contribution in [-0.2, 0) is 4.79 Å². The van der Waals surface area contributed by atoms with Crippen molar-refractivity contribution in [2.75, 3.05) is 18.4 Å². The Morgan fingerprint density at radius 1 is 1.37 bits per heavy atom. The lowest BCUT2D eigenvalue weighted by Crippen LogP contribution is -2.44. The molecule has 1 aromatic carbocycles. The molecule has 1 unspecified atom stereocenters. The molecule has 2 rings (SSSR count). The van der Waals surface area contributed by atoms with Gasteiger partial charge in [0.05, 0.1) is 0 Å². The Morgan fingerprint density at radius 3 is 2.74 bits per heavy atom. The Morgan fingerprint density at radius 2 is 2.11 bits per heavy atom. The molecule has 1 aliphatic heterocycles. The highest BCUT2D eigenvalue weighted by atomic mass is 16.2. The summed E-state index contributed by atoms with van der Waals surface area (Å²) in [6.45, 7) is 8.14. The molecule has 0 saturated carbocycles. The molecule has 3 heteroatoms. The predicted molar refractivity (Wildman–Crippen MR) is 79.2 cm³/mol. The monoisotopic (exact) mass is 260 g/mol. The van der Waals surface area contributed by atoms with Crippen LogP contribution in [0.1, 0.15) is 32.3 Å². The van der Waals surface area contributed by atoms with Crippen LogP contribution in [-0.4, -0.2) is 19.0 Å². The number of anilines is 1. The maximum Gasteiger partial charge on any atom is 0.230 e. The zero-order valence-electron chi connectivity index (χ0n) is 12.1. The SMILES string of the molecule is Cc1ccccc1NC(=O)C(C)(C)C1CCCNC1.